The van der Waals surface area contributed by atoms with E-state index in [0.29, 0.717) is 31.8 Å². The molecule has 0 radical (unpaired) electrons. The molecule has 1 saturated carbocycles. The average Bonchev–Trinajstić information content (AvgIpc) is 3.30. The summed E-state index contributed by atoms with van der Waals surface area (Å²) < 4.78 is 0.997. The third-order valence-electron chi connectivity index (χ3n) is 5.37. The summed E-state index contributed by atoms with van der Waals surface area (Å²) in [5.74, 6) is 0.343. The third kappa shape index (κ3) is 2.46. The van der Waals surface area contributed by atoms with Crippen LogP contribution in [0, 0.1) is 18.3 Å². The number of nitrogens with zero attached hydrogens (tertiary/aromatic N) is 3. The van der Waals surface area contributed by atoms with Crippen LogP contribution in [0.15, 0.2) is 11.7 Å². The van der Waals surface area contributed by atoms with Crippen LogP contribution < -0.4 is 4.90 Å². The number of carboxylic acids is 1. The van der Waals surface area contributed by atoms with Gasteiger partial charge in [-0.05, 0) is 36.6 Å². The van der Waals surface area contributed by atoms with E-state index < -0.39 is 17.5 Å². The summed E-state index contributed by atoms with van der Waals surface area (Å²) in [7, 11) is 0. The van der Waals surface area contributed by atoms with Crippen LogP contribution >= 0.6 is 11.3 Å². The van der Waals surface area contributed by atoms with Crippen molar-refractivity contribution in [3.63, 3.8) is 0 Å². The topological polar surface area (TPSA) is 86.5 Å². The van der Waals surface area contributed by atoms with Gasteiger partial charge in [0.2, 0.25) is 0 Å². The summed E-state index contributed by atoms with van der Waals surface area (Å²) in [5, 5.41) is 22.5. The first-order valence-corrected chi connectivity index (χ1v) is 9.24. The van der Waals surface area contributed by atoms with Gasteiger partial charge in [0.15, 0.2) is 0 Å². The fourth-order valence-electron chi connectivity index (χ4n) is 3.78. The summed E-state index contributed by atoms with van der Waals surface area (Å²) in [6, 6.07) is 0. The fourth-order valence-corrected chi connectivity index (χ4v) is 4.80. The third-order valence-corrected chi connectivity index (χ3v) is 6.45. The van der Waals surface area contributed by atoms with Crippen LogP contribution in [-0.4, -0.2) is 45.3 Å². The van der Waals surface area contributed by atoms with Crippen molar-refractivity contribution in [1.29, 1.82) is 0 Å². The van der Waals surface area contributed by atoms with Crippen LogP contribution in [-0.2, 0) is 4.79 Å². The molecule has 2 aromatic heterocycles. The van der Waals surface area contributed by atoms with Gasteiger partial charge in [-0.3, -0.25) is 4.79 Å². The first-order valence-electron chi connectivity index (χ1n) is 8.36. The number of aryl methyl sites for hydroxylation is 1. The van der Waals surface area contributed by atoms with Crippen LogP contribution in [0.3, 0.4) is 0 Å². The predicted molar refractivity (Wildman–Crippen MR) is 92.4 cm³/mol. The highest BCUT2D eigenvalue weighted by molar-refractivity contribution is 7.18. The second kappa shape index (κ2) is 5.67. The van der Waals surface area contributed by atoms with Gasteiger partial charge in [-0.2, -0.15) is 0 Å². The van der Waals surface area contributed by atoms with Crippen molar-refractivity contribution in [2.24, 2.45) is 11.3 Å². The maximum atomic E-state index is 12.1. The van der Waals surface area contributed by atoms with Gasteiger partial charge in [-0.1, -0.05) is 12.8 Å². The quantitative estimate of drug-likeness (QED) is 0.883. The molecule has 2 N–H and O–H groups in total. The molecule has 1 aliphatic carbocycles. The number of aromatic nitrogens is 2. The molecule has 3 heterocycles. The number of thiophene rings is 1. The average molecular weight is 347 g/mol. The number of fused-ring (bicyclic) bond motifs is 1. The largest absolute Gasteiger partial charge is 0.481 e. The first-order chi connectivity index (χ1) is 11.5. The van der Waals surface area contributed by atoms with Gasteiger partial charge in [0.1, 0.15) is 17.6 Å². The highest BCUT2D eigenvalue weighted by atomic mass is 32.1. The molecule has 2 atom stereocenters. The fraction of sp³-hybridized carbons (Fsp3) is 0.588. The minimum Gasteiger partial charge on any atom is -0.481 e. The molecular formula is C17H21N3O3S. The van der Waals surface area contributed by atoms with E-state index in [4.69, 9.17) is 0 Å². The number of carbonyl (C=O) groups is 1. The molecule has 0 bridgehead atoms. The van der Waals surface area contributed by atoms with Crippen LogP contribution in [0.5, 0.6) is 0 Å². The van der Waals surface area contributed by atoms with Gasteiger partial charge in [-0.25, -0.2) is 9.97 Å². The van der Waals surface area contributed by atoms with Crippen molar-refractivity contribution in [2.75, 3.05) is 18.0 Å². The maximum Gasteiger partial charge on any atom is 0.314 e. The van der Waals surface area contributed by atoms with Crippen LogP contribution in [0.1, 0.15) is 31.2 Å². The summed E-state index contributed by atoms with van der Waals surface area (Å²) in [6.45, 7) is 2.94. The molecule has 2 aromatic rings. The molecule has 0 aromatic carbocycles. The van der Waals surface area contributed by atoms with Gasteiger partial charge in [0.05, 0.1) is 16.3 Å². The van der Waals surface area contributed by atoms with Crippen LogP contribution in [0.2, 0.25) is 0 Å². The second-order valence-corrected chi connectivity index (χ2v) is 8.01. The molecule has 6 nitrogen and oxygen atoms in total. The van der Waals surface area contributed by atoms with Crippen molar-refractivity contribution in [2.45, 2.75) is 38.7 Å². The number of aliphatic hydroxyl groups is 1. The number of hydrogen-bond acceptors (Lipinski definition) is 6. The van der Waals surface area contributed by atoms with E-state index in [1.54, 1.807) is 17.7 Å². The molecule has 7 heteroatoms. The minimum absolute atomic E-state index is 0.309. The Labute approximate surface area is 144 Å². The standard InChI is InChI=1S/C17H21N3O3S/c1-10-7-24-14-13(10)18-9-19-15(14)20-5-4-12(21)17(8-20,16(22)23)6-11-2-3-11/h7,9,11-12,21H,2-6,8H2,1H3,(H,22,23)/t12-,17-/m1/s1. The number of rotatable bonds is 4. The van der Waals surface area contributed by atoms with E-state index >= 15 is 0 Å². The van der Waals surface area contributed by atoms with Gasteiger partial charge < -0.3 is 15.1 Å². The lowest BCUT2D eigenvalue weighted by molar-refractivity contribution is -0.158. The zero-order valence-electron chi connectivity index (χ0n) is 13.6. The second-order valence-electron chi connectivity index (χ2n) is 7.13. The van der Waals surface area contributed by atoms with Crippen molar-refractivity contribution in [1.82, 2.24) is 9.97 Å². The lowest BCUT2D eigenvalue weighted by Crippen LogP contribution is -2.56. The maximum absolute atomic E-state index is 12.1. The molecule has 2 fully saturated rings. The Kier molecular flexibility index (Phi) is 3.73. The molecule has 2 aliphatic rings. The molecule has 0 amide bonds. The predicted octanol–water partition coefficient (Wildman–Crippen LogP) is 2.44. The molecule has 0 unspecified atom stereocenters. The Morgan fingerprint density at radius 1 is 1.42 bits per heavy atom. The number of anilines is 1. The summed E-state index contributed by atoms with van der Waals surface area (Å²) >= 11 is 1.59. The zero-order valence-corrected chi connectivity index (χ0v) is 14.4. The van der Waals surface area contributed by atoms with E-state index in [2.05, 4.69) is 15.3 Å². The number of aliphatic carboxylic acids is 1. The van der Waals surface area contributed by atoms with Crippen LogP contribution in [0.25, 0.3) is 10.2 Å². The van der Waals surface area contributed by atoms with E-state index in [1.807, 2.05) is 11.8 Å². The molecular weight excluding hydrogens is 326 g/mol. The lowest BCUT2D eigenvalue weighted by Gasteiger charge is -2.44. The van der Waals surface area contributed by atoms with Gasteiger partial charge in [-0.15, -0.1) is 11.3 Å². The molecule has 1 saturated heterocycles. The van der Waals surface area contributed by atoms with Gasteiger partial charge in [0, 0.05) is 13.1 Å². The van der Waals surface area contributed by atoms with E-state index in [-0.39, 0.29) is 0 Å². The monoisotopic (exact) mass is 347 g/mol. The van der Waals surface area contributed by atoms with Crippen molar-refractivity contribution < 1.29 is 15.0 Å². The molecule has 24 heavy (non-hydrogen) atoms. The lowest BCUT2D eigenvalue weighted by atomic mass is 9.73. The Morgan fingerprint density at radius 2 is 2.21 bits per heavy atom. The summed E-state index contributed by atoms with van der Waals surface area (Å²) in [6.07, 6.45) is 3.90. The highest BCUT2D eigenvalue weighted by Crippen LogP contribution is 2.46. The van der Waals surface area contributed by atoms with Crippen molar-refractivity contribution >= 4 is 33.3 Å². The normalized spacial score (nSPS) is 27.6. The first kappa shape index (κ1) is 15.8. The number of carboxylic acid groups (broad SMARTS) is 1. The smallest absolute Gasteiger partial charge is 0.314 e. The van der Waals surface area contributed by atoms with Gasteiger partial charge in [0.25, 0.3) is 0 Å². The Hall–Kier alpha value is -1.73. The molecule has 0 spiro atoms. The summed E-state index contributed by atoms with van der Waals surface area (Å²) in [5.41, 5.74) is 0.945. The number of piperidine rings is 1. The van der Waals surface area contributed by atoms with E-state index in [9.17, 15) is 15.0 Å². The highest BCUT2D eigenvalue weighted by Gasteiger charge is 2.52. The molecule has 4 rings (SSSR count). The Morgan fingerprint density at radius 3 is 2.92 bits per heavy atom. The molecule has 1 aliphatic heterocycles. The van der Waals surface area contributed by atoms with Crippen LogP contribution in [0.4, 0.5) is 5.82 Å². The van der Waals surface area contributed by atoms with Gasteiger partial charge >= 0.3 is 5.97 Å². The molecule has 128 valence electrons. The SMILES string of the molecule is Cc1csc2c(N3CC[C@@H](O)[C@](CC4CC4)(C(=O)O)C3)ncnc12. The van der Waals surface area contributed by atoms with E-state index in [0.717, 1.165) is 34.4 Å². The Bertz CT molecular complexity index is 788. The zero-order chi connectivity index (χ0) is 16.9. The van der Waals surface area contributed by atoms with E-state index in [1.165, 1.54) is 0 Å². The number of aliphatic hydroxyl groups excluding tert-OH is 1. The Balaban J connectivity index is 1.72. The van der Waals surface area contributed by atoms with Crippen molar-refractivity contribution in [3.05, 3.63) is 17.3 Å². The number of hydrogen-bond donors (Lipinski definition) is 2. The van der Waals surface area contributed by atoms with Crippen molar-refractivity contribution in [3.8, 4) is 0 Å². The summed E-state index contributed by atoms with van der Waals surface area (Å²) in [4.78, 5) is 22.9. The minimum atomic E-state index is -1.09.